The Kier molecular flexibility index (Phi) is 6.52. The fraction of sp³-hybridized carbons (Fsp3) is 0.733. The maximum absolute atomic E-state index is 13.1. The van der Waals surface area contributed by atoms with Gasteiger partial charge in [-0.05, 0) is 93.1 Å². The highest BCUT2D eigenvalue weighted by atomic mass is 16.2. The predicted octanol–water partition coefficient (Wildman–Crippen LogP) is 5.39. The second kappa shape index (κ2) is 9.21. The van der Waals surface area contributed by atoms with Crippen LogP contribution in [0.15, 0.2) is 30.3 Å². The zero-order valence-electron chi connectivity index (χ0n) is 22.3. The molecule has 4 aliphatic rings. The molecular weight excluding hydrogens is 434 g/mol. The van der Waals surface area contributed by atoms with Crippen molar-refractivity contribution in [2.45, 2.75) is 97.3 Å². The summed E-state index contributed by atoms with van der Waals surface area (Å²) in [5.41, 5.74) is 1.40. The first-order valence-corrected chi connectivity index (χ1v) is 14.0. The van der Waals surface area contributed by atoms with Crippen LogP contribution in [0.1, 0.15) is 78.7 Å². The molecule has 1 aromatic rings. The molecule has 5 heteroatoms. The van der Waals surface area contributed by atoms with Crippen LogP contribution >= 0.6 is 0 Å². The SMILES string of the molecule is CC(C)C1C[C@H]2[C@@H]3CCN4C(C)C(=O)CC[C@]4(C)[C@@H]3CC[C@]2(C)C1NC(=O)NCc1ccccc1. The number of rotatable bonds is 4. The number of fused-ring (bicyclic) bond motifs is 5. The number of urea groups is 1. The van der Waals surface area contributed by atoms with Crippen LogP contribution in [-0.2, 0) is 11.3 Å². The number of Topliss-reactive ketones (excluding diaryl/α,β-unsaturated/α-hetero) is 1. The predicted molar refractivity (Wildman–Crippen MR) is 140 cm³/mol. The van der Waals surface area contributed by atoms with E-state index in [1.807, 2.05) is 18.2 Å². The van der Waals surface area contributed by atoms with Gasteiger partial charge >= 0.3 is 6.03 Å². The molecule has 35 heavy (non-hydrogen) atoms. The highest BCUT2D eigenvalue weighted by molar-refractivity contribution is 5.84. The van der Waals surface area contributed by atoms with E-state index in [-0.39, 0.29) is 29.1 Å². The van der Waals surface area contributed by atoms with E-state index < -0.39 is 0 Å². The van der Waals surface area contributed by atoms with Crippen LogP contribution in [0.3, 0.4) is 0 Å². The van der Waals surface area contributed by atoms with Crippen molar-refractivity contribution in [3.05, 3.63) is 35.9 Å². The maximum atomic E-state index is 13.1. The summed E-state index contributed by atoms with van der Waals surface area (Å²) >= 11 is 0. The molecular formula is C30H45N3O2. The zero-order chi connectivity index (χ0) is 25.0. The number of benzene rings is 1. The Labute approximate surface area is 211 Å². The van der Waals surface area contributed by atoms with Gasteiger partial charge in [0.05, 0.1) is 6.04 Å². The van der Waals surface area contributed by atoms with Gasteiger partial charge in [0.1, 0.15) is 5.78 Å². The Morgan fingerprint density at radius 3 is 2.57 bits per heavy atom. The highest BCUT2D eigenvalue weighted by Crippen LogP contribution is 2.63. The Morgan fingerprint density at radius 1 is 1.11 bits per heavy atom. The van der Waals surface area contributed by atoms with Crippen molar-refractivity contribution >= 4 is 11.8 Å². The van der Waals surface area contributed by atoms with E-state index in [9.17, 15) is 9.59 Å². The van der Waals surface area contributed by atoms with Crippen LogP contribution in [0, 0.1) is 35.0 Å². The molecule has 2 saturated heterocycles. The van der Waals surface area contributed by atoms with E-state index in [1.54, 1.807) is 0 Å². The molecule has 2 aliphatic heterocycles. The van der Waals surface area contributed by atoms with E-state index in [0.717, 1.165) is 31.4 Å². The van der Waals surface area contributed by atoms with Crippen molar-refractivity contribution < 1.29 is 9.59 Å². The van der Waals surface area contributed by atoms with Gasteiger partial charge in [-0.3, -0.25) is 9.69 Å². The van der Waals surface area contributed by atoms with Gasteiger partial charge in [0.15, 0.2) is 0 Å². The standard InChI is InChI=1S/C30H45N3O2/c1-19(2)23-17-25-22-13-16-33-20(3)26(34)12-15-30(33,5)24(22)11-14-29(25,4)27(23)32-28(35)31-18-21-9-7-6-8-10-21/h6-10,19-20,22-25,27H,11-18H2,1-5H3,(H2,31,32,35)/t20?,22-,23?,24-,25+,27?,29+,30-/m1/s1. The third kappa shape index (κ3) is 4.12. The fourth-order valence-electron chi connectivity index (χ4n) is 8.94. The molecule has 0 radical (unpaired) electrons. The van der Waals surface area contributed by atoms with E-state index in [0.29, 0.717) is 41.9 Å². The van der Waals surface area contributed by atoms with Crippen molar-refractivity contribution in [3.8, 4) is 0 Å². The summed E-state index contributed by atoms with van der Waals surface area (Å²) in [5, 5.41) is 6.61. The summed E-state index contributed by atoms with van der Waals surface area (Å²) in [6.07, 6.45) is 6.52. The molecule has 3 unspecified atom stereocenters. The number of ketones is 1. The van der Waals surface area contributed by atoms with Gasteiger partial charge in [-0.2, -0.15) is 0 Å². The number of hydrogen-bond donors (Lipinski definition) is 2. The molecule has 2 aliphatic carbocycles. The average Bonchev–Trinajstić information content (AvgIpc) is 3.14. The van der Waals surface area contributed by atoms with Crippen molar-refractivity contribution in [3.63, 3.8) is 0 Å². The second-order valence-corrected chi connectivity index (χ2v) is 12.8. The van der Waals surface area contributed by atoms with Gasteiger partial charge in [-0.1, -0.05) is 51.1 Å². The Hall–Kier alpha value is -1.88. The summed E-state index contributed by atoms with van der Waals surface area (Å²) < 4.78 is 0. The number of nitrogens with zero attached hydrogens (tertiary/aromatic N) is 1. The number of nitrogens with one attached hydrogen (secondary N) is 2. The second-order valence-electron chi connectivity index (χ2n) is 12.8. The minimum Gasteiger partial charge on any atom is -0.335 e. The van der Waals surface area contributed by atoms with Crippen molar-refractivity contribution in [2.24, 2.45) is 35.0 Å². The normalized spacial score (nSPS) is 41.1. The minimum atomic E-state index is -0.0325. The number of piperidine rings is 2. The van der Waals surface area contributed by atoms with E-state index in [2.05, 4.69) is 62.3 Å². The van der Waals surface area contributed by atoms with Gasteiger partial charge in [-0.25, -0.2) is 4.79 Å². The molecule has 0 spiro atoms. The van der Waals surface area contributed by atoms with Crippen LogP contribution in [0.5, 0.6) is 0 Å². The first kappa shape index (κ1) is 24.8. The van der Waals surface area contributed by atoms with Crippen molar-refractivity contribution in [2.75, 3.05) is 6.54 Å². The third-order valence-electron chi connectivity index (χ3n) is 10.9. The smallest absolute Gasteiger partial charge is 0.315 e. The highest BCUT2D eigenvalue weighted by Gasteiger charge is 2.63. The summed E-state index contributed by atoms with van der Waals surface area (Å²) in [6, 6.07) is 10.4. The summed E-state index contributed by atoms with van der Waals surface area (Å²) in [6.45, 7) is 13.3. The molecule has 5 rings (SSSR count). The van der Waals surface area contributed by atoms with Gasteiger partial charge in [-0.15, -0.1) is 0 Å². The van der Waals surface area contributed by atoms with Gasteiger partial charge in [0.2, 0.25) is 0 Å². The van der Waals surface area contributed by atoms with Crippen molar-refractivity contribution in [1.29, 1.82) is 0 Å². The Bertz CT molecular complexity index is 948. The van der Waals surface area contributed by atoms with Crippen molar-refractivity contribution in [1.82, 2.24) is 15.5 Å². The number of carbonyl (C=O) groups is 2. The fourth-order valence-corrected chi connectivity index (χ4v) is 8.94. The number of amides is 2. The molecule has 4 fully saturated rings. The van der Waals surface area contributed by atoms with E-state index >= 15 is 0 Å². The van der Waals surface area contributed by atoms with Gasteiger partial charge < -0.3 is 10.6 Å². The molecule has 2 amide bonds. The first-order valence-electron chi connectivity index (χ1n) is 14.0. The molecule has 2 N–H and O–H groups in total. The molecule has 0 aromatic heterocycles. The van der Waals surface area contributed by atoms with Crippen LogP contribution in [0.4, 0.5) is 4.79 Å². The quantitative estimate of drug-likeness (QED) is 0.608. The van der Waals surface area contributed by atoms with Crippen LogP contribution in [0.25, 0.3) is 0 Å². The van der Waals surface area contributed by atoms with Crippen LogP contribution in [-0.4, -0.2) is 40.9 Å². The maximum Gasteiger partial charge on any atom is 0.315 e. The van der Waals surface area contributed by atoms with E-state index in [4.69, 9.17) is 0 Å². The molecule has 192 valence electrons. The average molecular weight is 480 g/mol. The van der Waals surface area contributed by atoms with Crippen LogP contribution < -0.4 is 10.6 Å². The lowest BCUT2D eigenvalue weighted by molar-refractivity contribution is -0.152. The third-order valence-corrected chi connectivity index (χ3v) is 10.9. The monoisotopic (exact) mass is 479 g/mol. The molecule has 1 aromatic carbocycles. The number of carbonyl (C=O) groups excluding carboxylic acids is 2. The van der Waals surface area contributed by atoms with Crippen LogP contribution in [0.2, 0.25) is 0 Å². The topological polar surface area (TPSA) is 61.4 Å². The molecule has 2 heterocycles. The largest absolute Gasteiger partial charge is 0.335 e. The summed E-state index contributed by atoms with van der Waals surface area (Å²) in [4.78, 5) is 28.1. The first-order chi connectivity index (χ1) is 16.6. The molecule has 8 atom stereocenters. The Balaban J connectivity index is 1.34. The molecule has 0 bridgehead atoms. The lowest BCUT2D eigenvalue weighted by Gasteiger charge is -2.62. The summed E-state index contributed by atoms with van der Waals surface area (Å²) in [5.74, 6) is 3.45. The lowest BCUT2D eigenvalue weighted by Crippen LogP contribution is -2.67. The Morgan fingerprint density at radius 2 is 1.86 bits per heavy atom. The minimum absolute atomic E-state index is 0.0325. The van der Waals surface area contributed by atoms with Gasteiger partial charge in [0, 0.05) is 24.5 Å². The number of hydrogen-bond acceptors (Lipinski definition) is 3. The molecule has 2 saturated carbocycles. The zero-order valence-corrected chi connectivity index (χ0v) is 22.3. The lowest BCUT2D eigenvalue weighted by atomic mass is 9.52. The summed E-state index contributed by atoms with van der Waals surface area (Å²) in [7, 11) is 0. The molecule has 5 nitrogen and oxygen atoms in total. The van der Waals surface area contributed by atoms with E-state index in [1.165, 1.54) is 19.3 Å². The van der Waals surface area contributed by atoms with Gasteiger partial charge in [0.25, 0.3) is 0 Å².